The van der Waals surface area contributed by atoms with Gasteiger partial charge in [0.1, 0.15) is 24.7 Å². The van der Waals surface area contributed by atoms with Gasteiger partial charge in [0.15, 0.2) is 5.69 Å². The molecule has 0 saturated heterocycles. The molecule has 0 bridgehead atoms. The predicted molar refractivity (Wildman–Crippen MR) is 117 cm³/mol. The van der Waals surface area contributed by atoms with Gasteiger partial charge >= 0.3 is 0 Å². The average molecular weight is 462 g/mol. The number of halogens is 1. The Morgan fingerprint density at radius 3 is 2.78 bits per heavy atom. The highest BCUT2D eigenvalue weighted by Crippen LogP contribution is 2.24. The van der Waals surface area contributed by atoms with E-state index in [4.69, 9.17) is 9.47 Å². The molecule has 1 aromatic carbocycles. The number of carbonyl (C=O) groups is 2. The molecule has 0 aliphatic heterocycles. The van der Waals surface area contributed by atoms with E-state index < -0.39 is 6.67 Å². The van der Waals surface area contributed by atoms with Crippen molar-refractivity contribution in [1.82, 2.24) is 25.6 Å². The molecule has 0 unspecified atom stereocenters. The Balaban J connectivity index is 1.75. The van der Waals surface area contributed by atoms with Gasteiger partial charge in [-0.05, 0) is 47.5 Å². The highest BCUT2D eigenvalue weighted by molar-refractivity contribution is 7.07. The Bertz CT molecular complexity index is 1030. The normalized spacial score (nSPS) is 10.7. The molecular weight excluding hydrogens is 437 g/mol. The summed E-state index contributed by atoms with van der Waals surface area (Å²) in [4.78, 5) is 24.6. The monoisotopic (exact) mass is 461 g/mol. The third-order valence-corrected chi connectivity index (χ3v) is 5.00. The second-order valence-electron chi connectivity index (χ2n) is 6.55. The topological polar surface area (TPSA) is 107 Å². The Morgan fingerprint density at radius 1 is 1.16 bits per heavy atom. The van der Waals surface area contributed by atoms with Gasteiger partial charge in [0.25, 0.3) is 11.8 Å². The standard InChI is InChI=1S/C21H24FN5O4S/c1-2-23-20(28)16-3-4-18(19(11-16)31-9-8-30-7-6-22)27-13-17(25-26-27)21(29)24-12-15-5-10-32-14-15/h3-5,10-11,13-14H,2,6-9,12H2,1H3,(H,23,28)(H,24,29). The molecule has 32 heavy (non-hydrogen) atoms. The van der Waals surface area contributed by atoms with E-state index >= 15 is 0 Å². The van der Waals surface area contributed by atoms with E-state index in [2.05, 4.69) is 20.9 Å². The lowest BCUT2D eigenvalue weighted by molar-refractivity contribution is 0.0894. The van der Waals surface area contributed by atoms with Crippen LogP contribution in [0.25, 0.3) is 5.69 Å². The van der Waals surface area contributed by atoms with E-state index in [1.807, 2.05) is 23.8 Å². The molecular formula is C21H24FN5O4S. The highest BCUT2D eigenvalue weighted by Gasteiger charge is 2.16. The van der Waals surface area contributed by atoms with Crippen LogP contribution >= 0.6 is 11.3 Å². The van der Waals surface area contributed by atoms with Gasteiger partial charge in [0.2, 0.25) is 0 Å². The van der Waals surface area contributed by atoms with Gasteiger partial charge in [-0.3, -0.25) is 9.59 Å². The van der Waals surface area contributed by atoms with Crippen LogP contribution in [0, 0.1) is 0 Å². The summed E-state index contributed by atoms with van der Waals surface area (Å²) in [5.41, 5.74) is 2.05. The molecule has 170 valence electrons. The molecule has 2 amide bonds. The van der Waals surface area contributed by atoms with E-state index in [0.29, 0.717) is 30.1 Å². The number of benzene rings is 1. The van der Waals surface area contributed by atoms with Crippen LogP contribution in [-0.4, -0.2) is 59.8 Å². The smallest absolute Gasteiger partial charge is 0.273 e. The first kappa shape index (κ1) is 23.4. The van der Waals surface area contributed by atoms with Crippen LogP contribution in [0.4, 0.5) is 4.39 Å². The van der Waals surface area contributed by atoms with Crippen molar-refractivity contribution >= 4 is 23.2 Å². The second kappa shape index (κ2) is 11.9. The molecule has 0 radical (unpaired) electrons. The van der Waals surface area contributed by atoms with Gasteiger partial charge in [0, 0.05) is 18.7 Å². The van der Waals surface area contributed by atoms with Crippen LogP contribution in [-0.2, 0) is 11.3 Å². The van der Waals surface area contributed by atoms with Crippen molar-refractivity contribution in [2.75, 3.05) is 33.0 Å². The number of rotatable bonds is 12. The van der Waals surface area contributed by atoms with E-state index in [9.17, 15) is 14.0 Å². The summed E-state index contributed by atoms with van der Waals surface area (Å²) >= 11 is 1.55. The Labute approximate surface area is 188 Å². The maximum absolute atomic E-state index is 12.4. The van der Waals surface area contributed by atoms with E-state index in [1.165, 1.54) is 10.9 Å². The molecule has 2 heterocycles. The predicted octanol–water partition coefficient (Wildman–Crippen LogP) is 2.37. The molecule has 0 aliphatic rings. The van der Waals surface area contributed by atoms with Gasteiger partial charge in [-0.15, -0.1) is 5.10 Å². The van der Waals surface area contributed by atoms with Crippen molar-refractivity contribution in [2.24, 2.45) is 0 Å². The molecule has 0 fully saturated rings. The zero-order valence-corrected chi connectivity index (χ0v) is 18.4. The Hall–Kier alpha value is -3.31. The Morgan fingerprint density at radius 2 is 2.03 bits per heavy atom. The van der Waals surface area contributed by atoms with Gasteiger partial charge in [-0.25, -0.2) is 9.07 Å². The number of hydrogen-bond acceptors (Lipinski definition) is 7. The maximum Gasteiger partial charge on any atom is 0.273 e. The van der Waals surface area contributed by atoms with Crippen LogP contribution in [0.1, 0.15) is 33.3 Å². The lowest BCUT2D eigenvalue weighted by Crippen LogP contribution is -2.23. The quantitative estimate of drug-likeness (QED) is 0.401. The average Bonchev–Trinajstić information content (AvgIpc) is 3.50. The van der Waals surface area contributed by atoms with Gasteiger partial charge in [0.05, 0.1) is 19.4 Å². The van der Waals surface area contributed by atoms with Crippen molar-refractivity contribution in [3.05, 3.63) is 58.0 Å². The fourth-order valence-corrected chi connectivity index (χ4v) is 3.41. The zero-order valence-electron chi connectivity index (χ0n) is 17.5. The molecule has 0 saturated carbocycles. The SMILES string of the molecule is CCNC(=O)c1ccc(-n2cc(C(=O)NCc3ccsc3)nn2)c(OCCOCCF)c1. The van der Waals surface area contributed by atoms with Crippen molar-refractivity contribution in [1.29, 1.82) is 0 Å². The summed E-state index contributed by atoms with van der Waals surface area (Å²) < 4.78 is 24.4. The van der Waals surface area contributed by atoms with Gasteiger partial charge in [-0.1, -0.05) is 5.21 Å². The third kappa shape index (κ3) is 6.34. The van der Waals surface area contributed by atoms with E-state index in [0.717, 1.165) is 5.56 Å². The van der Waals surface area contributed by atoms with Crippen LogP contribution in [0.5, 0.6) is 5.75 Å². The fourth-order valence-electron chi connectivity index (χ4n) is 2.74. The molecule has 11 heteroatoms. The molecule has 0 spiro atoms. The van der Waals surface area contributed by atoms with Crippen LogP contribution < -0.4 is 15.4 Å². The highest BCUT2D eigenvalue weighted by atomic mass is 32.1. The molecule has 3 aromatic rings. The van der Waals surface area contributed by atoms with Crippen LogP contribution in [0.15, 0.2) is 41.2 Å². The minimum Gasteiger partial charge on any atom is -0.489 e. The summed E-state index contributed by atoms with van der Waals surface area (Å²) in [5.74, 6) is -0.249. The minimum absolute atomic E-state index is 0.0118. The summed E-state index contributed by atoms with van der Waals surface area (Å²) in [6.07, 6.45) is 1.48. The number of nitrogens with one attached hydrogen (secondary N) is 2. The maximum atomic E-state index is 12.4. The number of nitrogens with zero attached hydrogens (tertiary/aromatic N) is 3. The number of amides is 2. The molecule has 0 aliphatic carbocycles. The molecule has 9 nitrogen and oxygen atoms in total. The Kier molecular flexibility index (Phi) is 8.70. The van der Waals surface area contributed by atoms with Crippen molar-refractivity contribution < 1.29 is 23.5 Å². The number of hydrogen-bond donors (Lipinski definition) is 2. The van der Waals surface area contributed by atoms with E-state index in [-0.39, 0.29) is 37.3 Å². The second-order valence-corrected chi connectivity index (χ2v) is 7.33. The first-order valence-corrected chi connectivity index (χ1v) is 11.0. The number of thiophene rings is 1. The lowest BCUT2D eigenvalue weighted by Gasteiger charge is -2.13. The molecule has 2 N–H and O–H groups in total. The number of aromatic nitrogens is 3. The molecule has 0 atom stereocenters. The molecule has 2 aromatic heterocycles. The lowest BCUT2D eigenvalue weighted by atomic mass is 10.1. The first-order chi connectivity index (χ1) is 15.6. The molecule has 3 rings (SSSR count). The van der Waals surface area contributed by atoms with Gasteiger partial charge < -0.3 is 20.1 Å². The largest absolute Gasteiger partial charge is 0.489 e. The number of ether oxygens (including phenoxy) is 2. The number of alkyl halides is 1. The summed E-state index contributed by atoms with van der Waals surface area (Å²) in [7, 11) is 0. The first-order valence-electron chi connectivity index (χ1n) is 10.0. The third-order valence-electron chi connectivity index (χ3n) is 4.27. The summed E-state index contributed by atoms with van der Waals surface area (Å²) in [6.45, 7) is 2.45. The van der Waals surface area contributed by atoms with E-state index in [1.54, 1.807) is 29.5 Å². The van der Waals surface area contributed by atoms with Gasteiger partial charge in [-0.2, -0.15) is 11.3 Å². The van der Waals surface area contributed by atoms with Crippen LogP contribution in [0.3, 0.4) is 0 Å². The number of carbonyl (C=O) groups excluding carboxylic acids is 2. The minimum atomic E-state index is -0.575. The van der Waals surface area contributed by atoms with Crippen molar-refractivity contribution in [3.8, 4) is 11.4 Å². The van der Waals surface area contributed by atoms with Crippen LogP contribution in [0.2, 0.25) is 0 Å². The summed E-state index contributed by atoms with van der Waals surface area (Å²) in [5, 5.41) is 17.4. The fraction of sp³-hybridized carbons (Fsp3) is 0.333. The zero-order chi connectivity index (χ0) is 22.8. The van der Waals surface area contributed by atoms with Crippen molar-refractivity contribution in [3.63, 3.8) is 0 Å². The summed E-state index contributed by atoms with van der Waals surface area (Å²) in [6, 6.07) is 6.79. The van der Waals surface area contributed by atoms with Crippen molar-refractivity contribution in [2.45, 2.75) is 13.5 Å².